The Morgan fingerprint density at radius 1 is 1.10 bits per heavy atom. The zero-order valence-corrected chi connectivity index (χ0v) is 18.5. The van der Waals surface area contributed by atoms with E-state index in [-0.39, 0.29) is 18.6 Å². The van der Waals surface area contributed by atoms with Gasteiger partial charge in [-0.3, -0.25) is 9.10 Å². The number of ether oxygens (including phenoxy) is 1. The first-order chi connectivity index (χ1) is 13.6. The second-order valence-electron chi connectivity index (χ2n) is 7.24. The van der Waals surface area contributed by atoms with Gasteiger partial charge in [-0.25, -0.2) is 8.42 Å². The number of aryl methyl sites for hydroxylation is 2. The average Bonchev–Trinajstić information content (AvgIpc) is 2.67. The number of hydrogen-bond donors (Lipinski definition) is 1. The zero-order valence-electron chi connectivity index (χ0n) is 17.7. The van der Waals surface area contributed by atoms with Gasteiger partial charge in [0.05, 0.1) is 18.0 Å². The number of rotatable bonds is 9. The van der Waals surface area contributed by atoms with Crippen molar-refractivity contribution in [3.63, 3.8) is 0 Å². The van der Waals surface area contributed by atoms with E-state index in [1.54, 1.807) is 19.1 Å². The summed E-state index contributed by atoms with van der Waals surface area (Å²) < 4.78 is 31.7. The van der Waals surface area contributed by atoms with Crippen LogP contribution in [-0.4, -0.2) is 39.3 Å². The summed E-state index contributed by atoms with van der Waals surface area (Å²) >= 11 is 0. The largest absolute Gasteiger partial charge is 0.491 e. The number of anilines is 1. The third kappa shape index (κ3) is 6.22. The van der Waals surface area contributed by atoms with Crippen molar-refractivity contribution in [1.29, 1.82) is 0 Å². The Bertz CT molecular complexity index is 926. The smallest absolute Gasteiger partial charge is 0.243 e. The van der Waals surface area contributed by atoms with Crippen molar-refractivity contribution < 1.29 is 17.9 Å². The maximum Gasteiger partial charge on any atom is 0.243 e. The fraction of sp³-hybridized carbons (Fsp3) is 0.409. The topological polar surface area (TPSA) is 75.7 Å². The van der Waals surface area contributed by atoms with Gasteiger partial charge < -0.3 is 10.1 Å². The number of carbonyl (C=O) groups excluding carboxylic acids is 1. The number of hydrogen-bond acceptors (Lipinski definition) is 4. The summed E-state index contributed by atoms with van der Waals surface area (Å²) in [6.45, 7) is 7.67. The van der Waals surface area contributed by atoms with Crippen LogP contribution in [0, 0.1) is 6.92 Å². The van der Waals surface area contributed by atoms with E-state index in [9.17, 15) is 13.2 Å². The molecule has 6 nitrogen and oxygen atoms in total. The molecule has 0 aliphatic carbocycles. The van der Waals surface area contributed by atoms with Crippen molar-refractivity contribution in [3.05, 3.63) is 59.7 Å². The predicted molar refractivity (Wildman–Crippen MR) is 117 cm³/mol. The Balaban J connectivity index is 2.07. The van der Waals surface area contributed by atoms with E-state index in [1.165, 1.54) is 0 Å². The number of amides is 1. The number of nitrogens with zero attached hydrogens (tertiary/aromatic N) is 1. The predicted octanol–water partition coefficient (Wildman–Crippen LogP) is 3.30. The Morgan fingerprint density at radius 2 is 1.72 bits per heavy atom. The van der Waals surface area contributed by atoms with Crippen LogP contribution in [0.1, 0.15) is 31.9 Å². The first-order valence-electron chi connectivity index (χ1n) is 9.70. The van der Waals surface area contributed by atoms with Gasteiger partial charge in [0.25, 0.3) is 0 Å². The average molecular weight is 419 g/mol. The van der Waals surface area contributed by atoms with Gasteiger partial charge in [0, 0.05) is 0 Å². The summed E-state index contributed by atoms with van der Waals surface area (Å²) in [5.41, 5.74) is 2.58. The molecule has 1 amide bonds. The monoisotopic (exact) mass is 418 g/mol. The van der Waals surface area contributed by atoms with E-state index in [4.69, 9.17) is 4.74 Å². The normalized spacial score (nSPS) is 13.4. The van der Waals surface area contributed by atoms with Crippen molar-refractivity contribution in [1.82, 2.24) is 5.32 Å². The minimum absolute atomic E-state index is 0.284. The Kier molecular flexibility index (Phi) is 7.67. The fourth-order valence-corrected chi connectivity index (χ4v) is 4.20. The van der Waals surface area contributed by atoms with E-state index in [1.807, 2.05) is 57.2 Å². The molecule has 1 N–H and O–H groups in total. The first-order valence-corrected chi connectivity index (χ1v) is 11.6. The summed E-state index contributed by atoms with van der Waals surface area (Å²) in [6.07, 6.45) is 1.96. The molecular formula is C22H30N2O4S. The fourth-order valence-electron chi connectivity index (χ4n) is 3.03. The summed E-state index contributed by atoms with van der Waals surface area (Å²) in [7, 11) is -3.64. The zero-order chi connectivity index (χ0) is 21.6. The molecule has 0 unspecified atom stereocenters. The standard InChI is InChI=1S/C22H30N2O4S/c1-6-19-11-13-20(14-12-19)24(29(5,26)27)18(4)22(25)23-17(3)15-28-21-10-8-7-9-16(21)2/h7-14,17-18H,6,15H2,1-5H3,(H,23,25)/t17-,18+/m1/s1. The van der Waals surface area contributed by atoms with Gasteiger partial charge in [-0.1, -0.05) is 37.3 Å². The van der Waals surface area contributed by atoms with E-state index < -0.39 is 16.1 Å². The van der Waals surface area contributed by atoms with Crippen LogP contribution in [0.15, 0.2) is 48.5 Å². The van der Waals surface area contributed by atoms with Crippen LogP contribution < -0.4 is 14.4 Å². The number of benzene rings is 2. The first kappa shape index (κ1) is 22.7. The SMILES string of the molecule is CCc1ccc(N([C@@H](C)C(=O)N[C@H](C)COc2ccccc2C)S(C)(=O)=O)cc1. The number of sulfonamides is 1. The molecule has 0 fully saturated rings. The maximum absolute atomic E-state index is 12.7. The van der Waals surface area contributed by atoms with E-state index >= 15 is 0 Å². The van der Waals surface area contributed by atoms with Crippen LogP contribution in [-0.2, 0) is 21.2 Å². The van der Waals surface area contributed by atoms with Crippen LogP contribution in [0.3, 0.4) is 0 Å². The lowest BCUT2D eigenvalue weighted by molar-refractivity contribution is -0.122. The molecule has 0 aromatic heterocycles. The highest BCUT2D eigenvalue weighted by atomic mass is 32.2. The highest BCUT2D eigenvalue weighted by molar-refractivity contribution is 7.92. The lowest BCUT2D eigenvalue weighted by atomic mass is 10.1. The van der Waals surface area contributed by atoms with Crippen molar-refractivity contribution in [2.24, 2.45) is 0 Å². The van der Waals surface area contributed by atoms with Gasteiger partial charge in [0.1, 0.15) is 18.4 Å². The highest BCUT2D eigenvalue weighted by Crippen LogP contribution is 2.22. The molecule has 158 valence electrons. The van der Waals surface area contributed by atoms with Crippen molar-refractivity contribution >= 4 is 21.6 Å². The second kappa shape index (κ2) is 9.78. The van der Waals surface area contributed by atoms with Gasteiger partial charge in [-0.15, -0.1) is 0 Å². The molecule has 2 atom stereocenters. The molecule has 0 saturated heterocycles. The molecule has 0 aliphatic heterocycles. The van der Waals surface area contributed by atoms with Crippen LogP contribution >= 0.6 is 0 Å². The third-order valence-electron chi connectivity index (χ3n) is 4.66. The molecule has 2 aromatic carbocycles. The maximum atomic E-state index is 12.7. The number of carbonyl (C=O) groups is 1. The Morgan fingerprint density at radius 3 is 2.28 bits per heavy atom. The molecule has 0 radical (unpaired) electrons. The molecule has 0 aliphatic rings. The van der Waals surface area contributed by atoms with Gasteiger partial charge in [0.15, 0.2) is 0 Å². The quantitative estimate of drug-likeness (QED) is 0.678. The summed E-state index contributed by atoms with van der Waals surface area (Å²) in [5.74, 6) is 0.381. The summed E-state index contributed by atoms with van der Waals surface area (Å²) in [5, 5.41) is 2.84. The summed E-state index contributed by atoms with van der Waals surface area (Å²) in [6, 6.07) is 13.7. The minimum atomic E-state index is -3.64. The Labute approximate surface area is 173 Å². The van der Waals surface area contributed by atoms with Gasteiger partial charge in [0.2, 0.25) is 15.9 Å². The van der Waals surface area contributed by atoms with E-state index in [0.29, 0.717) is 5.69 Å². The lowest BCUT2D eigenvalue weighted by Crippen LogP contribution is -2.50. The van der Waals surface area contributed by atoms with Crippen LogP contribution in [0.5, 0.6) is 5.75 Å². The third-order valence-corrected chi connectivity index (χ3v) is 5.90. The molecular weight excluding hydrogens is 388 g/mol. The molecule has 2 aromatic rings. The molecule has 7 heteroatoms. The van der Waals surface area contributed by atoms with E-state index in [0.717, 1.165) is 33.9 Å². The van der Waals surface area contributed by atoms with Gasteiger partial charge in [-0.2, -0.15) is 0 Å². The van der Waals surface area contributed by atoms with Crippen molar-refractivity contribution in [2.75, 3.05) is 17.2 Å². The van der Waals surface area contributed by atoms with E-state index in [2.05, 4.69) is 5.32 Å². The molecule has 0 bridgehead atoms. The number of nitrogens with one attached hydrogen (secondary N) is 1. The van der Waals surface area contributed by atoms with Gasteiger partial charge in [-0.05, 0) is 56.5 Å². The molecule has 0 heterocycles. The minimum Gasteiger partial charge on any atom is -0.491 e. The lowest BCUT2D eigenvalue weighted by Gasteiger charge is -2.29. The number of para-hydroxylation sites is 1. The van der Waals surface area contributed by atoms with Crippen LogP contribution in [0.25, 0.3) is 0 Å². The Hall–Kier alpha value is -2.54. The summed E-state index contributed by atoms with van der Waals surface area (Å²) in [4.78, 5) is 12.7. The molecule has 2 rings (SSSR count). The van der Waals surface area contributed by atoms with Crippen molar-refractivity contribution in [2.45, 2.75) is 46.2 Å². The van der Waals surface area contributed by atoms with Crippen LogP contribution in [0.2, 0.25) is 0 Å². The molecule has 0 saturated carbocycles. The van der Waals surface area contributed by atoms with Gasteiger partial charge >= 0.3 is 0 Å². The molecule has 29 heavy (non-hydrogen) atoms. The van der Waals surface area contributed by atoms with Crippen molar-refractivity contribution in [3.8, 4) is 5.75 Å². The molecule has 0 spiro atoms. The second-order valence-corrected chi connectivity index (χ2v) is 9.10. The highest BCUT2D eigenvalue weighted by Gasteiger charge is 2.29. The van der Waals surface area contributed by atoms with Crippen LogP contribution in [0.4, 0.5) is 5.69 Å².